The van der Waals surface area contributed by atoms with E-state index in [1.54, 1.807) is 4.68 Å². The molecule has 1 unspecified atom stereocenters. The Morgan fingerprint density at radius 3 is 2.71 bits per heavy atom. The maximum absolute atomic E-state index is 11.1. The summed E-state index contributed by atoms with van der Waals surface area (Å²) in [6.45, 7) is 11.8. The SMILES string of the molecule is CC(C)(C)[Si](C)(C)OCc1nc2n(n1)CC(C(=O)O)CC2. The van der Waals surface area contributed by atoms with Crippen molar-refractivity contribution < 1.29 is 14.3 Å². The molecule has 1 aliphatic heterocycles. The Morgan fingerprint density at radius 2 is 2.14 bits per heavy atom. The molecule has 2 rings (SSSR count). The first kappa shape index (κ1) is 16.2. The lowest BCUT2D eigenvalue weighted by Gasteiger charge is -2.35. The highest BCUT2D eigenvalue weighted by Crippen LogP contribution is 2.36. The van der Waals surface area contributed by atoms with Gasteiger partial charge in [0.15, 0.2) is 14.1 Å². The first-order valence-corrected chi connectivity index (χ1v) is 10.3. The molecular weight excluding hydrogens is 286 g/mol. The van der Waals surface area contributed by atoms with E-state index in [2.05, 4.69) is 43.9 Å². The highest BCUT2D eigenvalue weighted by atomic mass is 28.4. The number of aliphatic carboxylic acids is 1. The summed E-state index contributed by atoms with van der Waals surface area (Å²) in [5.41, 5.74) is 0. The van der Waals surface area contributed by atoms with E-state index in [4.69, 9.17) is 9.53 Å². The van der Waals surface area contributed by atoms with Crippen LogP contribution in [-0.4, -0.2) is 34.2 Å². The topological polar surface area (TPSA) is 77.2 Å². The average Bonchev–Trinajstić information content (AvgIpc) is 2.76. The fourth-order valence-electron chi connectivity index (χ4n) is 2.08. The third-order valence-corrected chi connectivity index (χ3v) is 9.10. The number of aromatic nitrogens is 3. The maximum Gasteiger partial charge on any atom is 0.308 e. The number of carboxylic acids is 1. The molecule has 0 spiro atoms. The van der Waals surface area contributed by atoms with Crippen molar-refractivity contribution in [1.29, 1.82) is 0 Å². The summed E-state index contributed by atoms with van der Waals surface area (Å²) >= 11 is 0. The van der Waals surface area contributed by atoms with E-state index in [1.165, 1.54) is 0 Å². The van der Waals surface area contributed by atoms with E-state index in [-0.39, 0.29) is 11.0 Å². The van der Waals surface area contributed by atoms with E-state index in [0.717, 1.165) is 5.82 Å². The van der Waals surface area contributed by atoms with Crippen molar-refractivity contribution >= 4 is 14.3 Å². The fourth-order valence-corrected chi connectivity index (χ4v) is 3.01. The molecule has 0 saturated heterocycles. The molecule has 21 heavy (non-hydrogen) atoms. The Bertz CT molecular complexity index is 534. The lowest BCUT2D eigenvalue weighted by Crippen LogP contribution is -2.40. The summed E-state index contributed by atoms with van der Waals surface area (Å²) in [7, 11) is -1.82. The van der Waals surface area contributed by atoms with Gasteiger partial charge in [-0.1, -0.05) is 20.8 Å². The van der Waals surface area contributed by atoms with E-state index < -0.39 is 14.3 Å². The molecule has 0 amide bonds. The number of fused-ring (bicyclic) bond motifs is 1. The molecule has 1 aliphatic rings. The number of carboxylic acid groups (broad SMARTS) is 1. The minimum Gasteiger partial charge on any atom is -0.481 e. The standard InChI is InChI=1S/C14H25N3O3Si/c1-14(2,3)21(4,5)20-9-11-15-12-7-6-10(13(18)19)8-17(12)16-11/h10H,6-9H2,1-5H3,(H,18,19). The molecule has 1 N–H and O–H groups in total. The smallest absolute Gasteiger partial charge is 0.308 e. The van der Waals surface area contributed by atoms with Crippen molar-refractivity contribution in [2.75, 3.05) is 0 Å². The molecule has 1 aromatic rings. The summed E-state index contributed by atoms with van der Waals surface area (Å²) in [6, 6.07) is 0. The first-order valence-electron chi connectivity index (χ1n) is 7.39. The van der Waals surface area contributed by atoms with E-state index in [9.17, 15) is 4.79 Å². The summed E-state index contributed by atoms with van der Waals surface area (Å²) in [5.74, 6) is 0.436. The van der Waals surface area contributed by atoms with Gasteiger partial charge < -0.3 is 9.53 Å². The van der Waals surface area contributed by atoms with Crippen molar-refractivity contribution in [2.24, 2.45) is 5.92 Å². The monoisotopic (exact) mass is 311 g/mol. The van der Waals surface area contributed by atoms with Crippen LogP contribution in [-0.2, 0) is 28.8 Å². The van der Waals surface area contributed by atoms with Crippen molar-refractivity contribution in [3.63, 3.8) is 0 Å². The van der Waals surface area contributed by atoms with Gasteiger partial charge in [0, 0.05) is 6.42 Å². The zero-order valence-corrected chi connectivity index (χ0v) is 14.5. The van der Waals surface area contributed by atoms with Gasteiger partial charge in [-0.2, -0.15) is 5.10 Å². The molecular formula is C14H25N3O3Si. The highest BCUT2D eigenvalue weighted by Gasteiger charge is 2.37. The van der Waals surface area contributed by atoms with Crippen LogP contribution in [0.2, 0.25) is 18.1 Å². The second-order valence-corrected chi connectivity index (χ2v) is 12.1. The predicted molar refractivity (Wildman–Crippen MR) is 81.5 cm³/mol. The van der Waals surface area contributed by atoms with Crippen LogP contribution in [0.4, 0.5) is 0 Å². The zero-order chi connectivity index (χ0) is 15.8. The van der Waals surface area contributed by atoms with Gasteiger partial charge in [-0.25, -0.2) is 9.67 Å². The Kier molecular flexibility index (Phi) is 4.26. The van der Waals surface area contributed by atoms with E-state index in [0.29, 0.717) is 31.8 Å². The number of carbonyl (C=O) groups is 1. The van der Waals surface area contributed by atoms with Crippen molar-refractivity contribution in [1.82, 2.24) is 14.8 Å². The lowest BCUT2D eigenvalue weighted by molar-refractivity contribution is -0.142. The quantitative estimate of drug-likeness (QED) is 0.864. The number of aryl methyl sites for hydroxylation is 1. The maximum atomic E-state index is 11.1. The van der Waals surface area contributed by atoms with Gasteiger partial charge in [-0.05, 0) is 24.6 Å². The van der Waals surface area contributed by atoms with Crippen LogP contribution in [0.1, 0.15) is 38.8 Å². The van der Waals surface area contributed by atoms with Gasteiger partial charge in [0.1, 0.15) is 5.82 Å². The number of hydrogen-bond acceptors (Lipinski definition) is 4. The van der Waals surface area contributed by atoms with Gasteiger partial charge >= 0.3 is 5.97 Å². The van der Waals surface area contributed by atoms with Crippen LogP contribution in [0.15, 0.2) is 0 Å². The zero-order valence-electron chi connectivity index (χ0n) is 13.5. The summed E-state index contributed by atoms with van der Waals surface area (Å²) in [5, 5.41) is 13.7. The van der Waals surface area contributed by atoms with Crippen LogP contribution >= 0.6 is 0 Å². The number of rotatable bonds is 4. The minimum absolute atomic E-state index is 0.154. The van der Waals surface area contributed by atoms with E-state index >= 15 is 0 Å². The largest absolute Gasteiger partial charge is 0.481 e. The van der Waals surface area contributed by atoms with Gasteiger partial charge in [0.05, 0.1) is 19.1 Å². The molecule has 1 aromatic heterocycles. The van der Waals surface area contributed by atoms with Crippen LogP contribution in [0.5, 0.6) is 0 Å². The Labute approximate surface area is 126 Å². The molecule has 118 valence electrons. The van der Waals surface area contributed by atoms with Crippen LogP contribution < -0.4 is 0 Å². The molecule has 0 bridgehead atoms. The normalized spacial score (nSPS) is 19.4. The molecule has 6 nitrogen and oxygen atoms in total. The fraction of sp³-hybridized carbons (Fsp3) is 0.786. The summed E-state index contributed by atoms with van der Waals surface area (Å²) in [4.78, 5) is 15.5. The average molecular weight is 311 g/mol. The van der Waals surface area contributed by atoms with Gasteiger partial charge in [0.25, 0.3) is 0 Å². The van der Waals surface area contributed by atoms with Crippen LogP contribution in [0.25, 0.3) is 0 Å². The predicted octanol–water partition coefficient (Wildman–Crippen LogP) is 2.45. The lowest BCUT2D eigenvalue weighted by atomic mass is 10.0. The summed E-state index contributed by atoms with van der Waals surface area (Å²) < 4.78 is 7.85. The first-order chi connectivity index (χ1) is 9.60. The second-order valence-electron chi connectivity index (χ2n) is 7.25. The molecule has 0 fully saturated rings. The second kappa shape index (κ2) is 5.53. The molecule has 0 radical (unpaired) electrons. The molecule has 2 heterocycles. The van der Waals surface area contributed by atoms with Crippen LogP contribution in [0.3, 0.4) is 0 Å². The van der Waals surface area contributed by atoms with Crippen molar-refractivity contribution in [2.45, 2.75) is 64.9 Å². The third kappa shape index (κ3) is 3.52. The van der Waals surface area contributed by atoms with E-state index in [1.807, 2.05) is 0 Å². The molecule has 0 aliphatic carbocycles. The molecule has 1 atom stereocenters. The number of nitrogens with zero attached hydrogens (tertiary/aromatic N) is 3. The molecule has 0 saturated carbocycles. The van der Waals surface area contributed by atoms with Crippen LogP contribution in [0, 0.1) is 5.92 Å². The van der Waals surface area contributed by atoms with Crippen molar-refractivity contribution in [3.05, 3.63) is 11.6 Å². The van der Waals surface area contributed by atoms with Crippen molar-refractivity contribution in [3.8, 4) is 0 Å². The Hall–Kier alpha value is -1.21. The third-order valence-electron chi connectivity index (χ3n) is 4.62. The molecule has 0 aromatic carbocycles. The van der Waals surface area contributed by atoms with Gasteiger partial charge in [0.2, 0.25) is 0 Å². The highest BCUT2D eigenvalue weighted by molar-refractivity contribution is 6.74. The Morgan fingerprint density at radius 1 is 1.48 bits per heavy atom. The minimum atomic E-state index is -1.82. The van der Waals surface area contributed by atoms with Gasteiger partial charge in [-0.15, -0.1) is 0 Å². The Balaban J connectivity index is 2.03. The van der Waals surface area contributed by atoms with Gasteiger partial charge in [-0.3, -0.25) is 4.79 Å². The summed E-state index contributed by atoms with van der Waals surface area (Å²) in [6.07, 6.45) is 1.31. The molecule has 7 heteroatoms. The number of hydrogen-bond donors (Lipinski definition) is 1.